The lowest BCUT2D eigenvalue weighted by Gasteiger charge is -2.43. The van der Waals surface area contributed by atoms with Gasteiger partial charge in [0, 0.05) is 12.1 Å². The van der Waals surface area contributed by atoms with Crippen LogP contribution >= 0.6 is 0 Å². The zero-order valence-corrected chi connectivity index (χ0v) is 15.7. The molecule has 2 atom stereocenters. The third-order valence-corrected chi connectivity index (χ3v) is 8.91. The van der Waals surface area contributed by atoms with Crippen LogP contribution < -0.4 is 5.19 Å². The number of hydrogen-bond acceptors (Lipinski definition) is 1. The fourth-order valence-corrected chi connectivity index (χ4v) is 7.34. The maximum Gasteiger partial charge on any atom is 0.104 e. The van der Waals surface area contributed by atoms with Gasteiger partial charge >= 0.3 is 0 Å². The highest BCUT2D eigenvalue weighted by atomic mass is 28.3. The van der Waals surface area contributed by atoms with E-state index in [2.05, 4.69) is 67.9 Å². The van der Waals surface area contributed by atoms with Crippen LogP contribution in [0.15, 0.2) is 41.6 Å². The number of benzene rings is 1. The second-order valence-corrected chi connectivity index (χ2v) is 12.2. The van der Waals surface area contributed by atoms with Crippen LogP contribution in [0.2, 0.25) is 13.1 Å². The van der Waals surface area contributed by atoms with Crippen LogP contribution in [0.1, 0.15) is 39.5 Å². The van der Waals surface area contributed by atoms with Crippen LogP contribution in [-0.2, 0) is 0 Å². The standard InChI is InChI=1S/C20H31NSi/c1-5-20-13-9-10-14-21(20)15-17(2)19(20)16-22(3,4)18-11-7-6-8-12-18/h6-8,11-12,16-17H,5,9-10,13-15H2,1-4H3/b19-16+. The third-order valence-electron chi connectivity index (χ3n) is 6.06. The van der Waals surface area contributed by atoms with E-state index >= 15 is 0 Å². The summed E-state index contributed by atoms with van der Waals surface area (Å²) in [6.45, 7) is 12.5. The number of fused-ring (bicyclic) bond motifs is 1. The van der Waals surface area contributed by atoms with Gasteiger partial charge in [-0.25, -0.2) is 0 Å². The van der Waals surface area contributed by atoms with E-state index in [0.29, 0.717) is 5.54 Å². The van der Waals surface area contributed by atoms with Gasteiger partial charge in [-0.05, 0) is 31.7 Å². The van der Waals surface area contributed by atoms with Crippen molar-refractivity contribution >= 4 is 13.3 Å². The molecule has 2 unspecified atom stereocenters. The summed E-state index contributed by atoms with van der Waals surface area (Å²) in [4.78, 5) is 2.81. The topological polar surface area (TPSA) is 3.24 Å². The Hall–Kier alpha value is -0.863. The van der Waals surface area contributed by atoms with E-state index in [9.17, 15) is 0 Å². The van der Waals surface area contributed by atoms with Crippen molar-refractivity contribution in [2.45, 2.75) is 58.2 Å². The fourth-order valence-electron chi connectivity index (χ4n) is 4.79. The highest BCUT2D eigenvalue weighted by Crippen LogP contribution is 2.47. The van der Waals surface area contributed by atoms with Crippen molar-refractivity contribution in [2.24, 2.45) is 5.92 Å². The van der Waals surface area contributed by atoms with E-state index in [0.717, 1.165) is 5.92 Å². The van der Waals surface area contributed by atoms with Crippen LogP contribution in [-0.4, -0.2) is 31.6 Å². The molecule has 2 heterocycles. The summed E-state index contributed by atoms with van der Waals surface area (Å²) >= 11 is 0. The Labute approximate surface area is 137 Å². The predicted octanol–water partition coefficient (Wildman–Crippen LogP) is 4.35. The van der Waals surface area contributed by atoms with Gasteiger partial charge in [0.15, 0.2) is 0 Å². The van der Waals surface area contributed by atoms with Gasteiger partial charge in [-0.3, -0.25) is 4.90 Å². The SMILES string of the molecule is CCC12CCCCN1CC(C)/C2=C\[Si](C)(C)c1ccccc1. The molecule has 0 bridgehead atoms. The minimum atomic E-state index is -1.51. The molecule has 0 aromatic heterocycles. The van der Waals surface area contributed by atoms with Crippen molar-refractivity contribution in [3.8, 4) is 0 Å². The van der Waals surface area contributed by atoms with Gasteiger partial charge in [0.1, 0.15) is 8.07 Å². The molecule has 2 aliphatic rings. The van der Waals surface area contributed by atoms with E-state index < -0.39 is 8.07 Å². The Morgan fingerprint density at radius 2 is 1.95 bits per heavy atom. The molecule has 0 aliphatic carbocycles. The normalized spacial score (nSPS) is 31.5. The van der Waals surface area contributed by atoms with Gasteiger partial charge in [0.05, 0.1) is 0 Å². The van der Waals surface area contributed by atoms with Crippen molar-refractivity contribution in [3.63, 3.8) is 0 Å². The lowest BCUT2D eigenvalue weighted by Crippen LogP contribution is -2.49. The fraction of sp³-hybridized carbons (Fsp3) is 0.600. The molecule has 1 nitrogen and oxygen atoms in total. The Morgan fingerprint density at radius 3 is 2.64 bits per heavy atom. The second-order valence-electron chi connectivity index (χ2n) is 7.88. The zero-order valence-electron chi connectivity index (χ0n) is 14.7. The molecule has 2 saturated heterocycles. The summed E-state index contributed by atoms with van der Waals surface area (Å²) in [5.41, 5.74) is 4.91. The predicted molar refractivity (Wildman–Crippen MR) is 99.3 cm³/mol. The lowest BCUT2D eigenvalue weighted by molar-refractivity contribution is 0.108. The Kier molecular flexibility index (Phi) is 4.35. The number of nitrogens with zero attached hydrogens (tertiary/aromatic N) is 1. The Bertz CT molecular complexity index is 548. The maximum absolute atomic E-state index is 2.81. The molecule has 0 radical (unpaired) electrons. The van der Waals surface area contributed by atoms with Crippen LogP contribution in [0.5, 0.6) is 0 Å². The number of piperidine rings is 1. The number of hydrogen-bond donors (Lipinski definition) is 0. The summed E-state index contributed by atoms with van der Waals surface area (Å²) in [6, 6.07) is 11.2. The summed E-state index contributed by atoms with van der Waals surface area (Å²) in [5.74, 6) is 0.730. The highest BCUT2D eigenvalue weighted by Gasteiger charge is 2.48. The molecule has 2 fully saturated rings. The van der Waals surface area contributed by atoms with E-state index in [1.54, 1.807) is 10.8 Å². The monoisotopic (exact) mass is 313 g/mol. The molecule has 3 rings (SSSR count). The first-order chi connectivity index (χ1) is 10.5. The van der Waals surface area contributed by atoms with Crippen molar-refractivity contribution in [1.82, 2.24) is 4.90 Å². The first-order valence-electron chi connectivity index (χ1n) is 9.03. The van der Waals surface area contributed by atoms with Gasteiger partial charge in [-0.2, -0.15) is 0 Å². The summed E-state index contributed by atoms with van der Waals surface area (Å²) in [6.07, 6.45) is 5.45. The van der Waals surface area contributed by atoms with Crippen LogP contribution in [0.3, 0.4) is 0 Å². The van der Waals surface area contributed by atoms with Gasteiger partial charge in [-0.15, -0.1) is 0 Å². The van der Waals surface area contributed by atoms with Crippen LogP contribution in [0.25, 0.3) is 0 Å². The molecule has 1 aromatic carbocycles. The molecule has 0 N–H and O–H groups in total. The summed E-state index contributed by atoms with van der Waals surface area (Å²) in [5, 5.41) is 1.57. The average Bonchev–Trinajstić information content (AvgIpc) is 2.81. The highest BCUT2D eigenvalue weighted by molar-refractivity contribution is 6.94. The molecule has 0 amide bonds. The quantitative estimate of drug-likeness (QED) is 0.750. The average molecular weight is 314 g/mol. The molecule has 2 heteroatoms. The molecular weight excluding hydrogens is 282 g/mol. The molecule has 2 aliphatic heterocycles. The summed E-state index contributed by atoms with van der Waals surface area (Å²) < 4.78 is 0. The minimum Gasteiger partial charge on any atom is -0.293 e. The third kappa shape index (κ3) is 2.61. The number of rotatable bonds is 3. The first-order valence-corrected chi connectivity index (χ1v) is 12.1. The molecule has 0 spiro atoms. The molecular formula is C20H31NSi. The van der Waals surface area contributed by atoms with Crippen molar-refractivity contribution in [2.75, 3.05) is 13.1 Å². The first kappa shape index (κ1) is 16.0. The molecule has 120 valence electrons. The van der Waals surface area contributed by atoms with Crippen molar-refractivity contribution in [3.05, 3.63) is 41.6 Å². The molecule has 0 saturated carbocycles. The van der Waals surface area contributed by atoms with Crippen molar-refractivity contribution < 1.29 is 0 Å². The van der Waals surface area contributed by atoms with Crippen LogP contribution in [0.4, 0.5) is 0 Å². The van der Waals surface area contributed by atoms with Gasteiger partial charge in [0.25, 0.3) is 0 Å². The van der Waals surface area contributed by atoms with E-state index in [4.69, 9.17) is 0 Å². The van der Waals surface area contributed by atoms with E-state index in [1.165, 1.54) is 38.8 Å². The Balaban J connectivity index is 2.01. The zero-order chi connectivity index (χ0) is 15.8. The minimum absolute atomic E-state index is 0.386. The van der Waals surface area contributed by atoms with E-state index in [1.807, 2.05) is 0 Å². The second kappa shape index (κ2) is 5.97. The molecule has 1 aromatic rings. The lowest BCUT2D eigenvalue weighted by atomic mass is 9.79. The van der Waals surface area contributed by atoms with Crippen molar-refractivity contribution in [1.29, 1.82) is 0 Å². The van der Waals surface area contributed by atoms with Gasteiger partial charge in [-0.1, -0.05) is 80.2 Å². The van der Waals surface area contributed by atoms with Gasteiger partial charge < -0.3 is 0 Å². The smallest absolute Gasteiger partial charge is 0.104 e. The van der Waals surface area contributed by atoms with Gasteiger partial charge in [0.2, 0.25) is 0 Å². The largest absolute Gasteiger partial charge is 0.293 e. The summed E-state index contributed by atoms with van der Waals surface area (Å²) in [7, 11) is -1.51. The van der Waals surface area contributed by atoms with E-state index in [-0.39, 0.29) is 0 Å². The Morgan fingerprint density at radius 1 is 1.23 bits per heavy atom. The van der Waals surface area contributed by atoms with Crippen LogP contribution in [0, 0.1) is 5.92 Å². The molecule has 22 heavy (non-hydrogen) atoms. The maximum atomic E-state index is 2.81.